The standard InChI is InChI=1S/C17H27NO6/c1-14(2,3)23-11(19)10-8-16(10)9-17(16,12(20)22-7)18-13(21)24-15(4,5)6/h10H,8-9H2,1-7H3,(H,18,21)/t10-,16-,17-/m1/s1. The van der Waals surface area contributed by atoms with Crippen LogP contribution in [0.15, 0.2) is 0 Å². The van der Waals surface area contributed by atoms with Crippen LogP contribution in [-0.2, 0) is 23.8 Å². The Kier molecular flexibility index (Phi) is 4.14. The first-order valence-electron chi connectivity index (χ1n) is 8.09. The zero-order valence-corrected chi connectivity index (χ0v) is 15.4. The number of nitrogens with one attached hydrogen (secondary N) is 1. The number of hydrogen-bond acceptors (Lipinski definition) is 6. The van der Waals surface area contributed by atoms with Gasteiger partial charge in [-0.2, -0.15) is 0 Å². The quantitative estimate of drug-likeness (QED) is 0.625. The minimum Gasteiger partial charge on any atom is -0.467 e. The summed E-state index contributed by atoms with van der Waals surface area (Å²) in [7, 11) is 1.26. The van der Waals surface area contributed by atoms with Gasteiger partial charge in [-0.1, -0.05) is 0 Å². The van der Waals surface area contributed by atoms with Crippen LogP contribution < -0.4 is 5.32 Å². The molecule has 0 aromatic rings. The average Bonchev–Trinajstić information content (AvgIpc) is 3.22. The highest BCUT2D eigenvalue weighted by Crippen LogP contribution is 2.77. The molecule has 7 heteroatoms. The highest BCUT2D eigenvalue weighted by molar-refractivity contribution is 5.95. The summed E-state index contributed by atoms with van der Waals surface area (Å²) in [6, 6.07) is 0. The molecular formula is C17H27NO6. The Hall–Kier alpha value is -1.79. The van der Waals surface area contributed by atoms with Crippen molar-refractivity contribution in [1.29, 1.82) is 0 Å². The third-order valence-electron chi connectivity index (χ3n) is 4.32. The van der Waals surface area contributed by atoms with E-state index in [2.05, 4.69) is 5.32 Å². The Balaban J connectivity index is 2.10. The summed E-state index contributed by atoms with van der Waals surface area (Å²) in [6.45, 7) is 10.6. The van der Waals surface area contributed by atoms with E-state index in [1.54, 1.807) is 41.5 Å². The molecule has 3 atom stereocenters. The zero-order chi connectivity index (χ0) is 18.6. The van der Waals surface area contributed by atoms with E-state index in [4.69, 9.17) is 14.2 Å². The third kappa shape index (κ3) is 3.35. The molecule has 1 spiro atoms. The smallest absolute Gasteiger partial charge is 0.408 e. The lowest BCUT2D eigenvalue weighted by Crippen LogP contribution is -2.48. The Labute approximate surface area is 142 Å². The molecule has 0 aliphatic heterocycles. The van der Waals surface area contributed by atoms with Crippen molar-refractivity contribution in [2.75, 3.05) is 7.11 Å². The molecule has 0 bridgehead atoms. The lowest BCUT2D eigenvalue weighted by molar-refractivity contribution is -0.157. The number of esters is 2. The highest BCUT2D eigenvalue weighted by atomic mass is 16.6. The first-order chi connectivity index (χ1) is 10.8. The maximum atomic E-state index is 12.3. The zero-order valence-electron chi connectivity index (χ0n) is 15.4. The van der Waals surface area contributed by atoms with Crippen LogP contribution in [0.4, 0.5) is 4.79 Å². The number of methoxy groups -OCH3 is 1. The molecule has 0 aromatic carbocycles. The summed E-state index contributed by atoms with van der Waals surface area (Å²) in [6.07, 6.45) is 0.155. The number of alkyl carbamates (subject to hydrolysis) is 1. The molecule has 2 rings (SSSR count). The van der Waals surface area contributed by atoms with E-state index in [9.17, 15) is 14.4 Å². The fraction of sp³-hybridized carbons (Fsp3) is 0.824. The molecule has 7 nitrogen and oxygen atoms in total. The van der Waals surface area contributed by atoms with Crippen LogP contribution in [0, 0.1) is 11.3 Å². The van der Waals surface area contributed by atoms with Crippen LogP contribution in [0.1, 0.15) is 54.4 Å². The van der Waals surface area contributed by atoms with Crippen molar-refractivity contribution in [3.05, 3.63) is 0 Å². The Morgan fingerprint density at radius 2 is 1.54 bits per heavy atom. The van der Waals surface area contributed by atoms with Gasteiger partial charge in [0.05, 0.1) is 13.0 Å². The van der Waals surface area contributed by atoms with Crippen LogP contribution in [-0.4, -0.2) is 41.9 Å². The summed E-state index contributed by atoms with van der Waals surface area (Å²) in [5.41, 5.74) is -3.09. The summed E-state index contributed by atoms with van der Waals surface area (Å²) >= 11 is 0. The molecule has 0 saturated heterocycles. The number of carbonyl (C=O) groups is 3. The van der Waals surface area contributed by atoms with Gasteiger partial charge in [0.2, 0.25) is 0 Å². The highest BCUT2D eigenvalue weighted by Gasteiger charge is 2.87. The van der Waals surface area contributed by atoms with E-state index in [1.807, 2.05) is 0 Å². The van der Waals surface area contributed by atoms with Crippen LogP contribution >= 0.6 is 0 Å². The predicted octanol–water partition coefficient (Wildman–Crippen LogP) is 2.17. The molecule has 2 saturated carbocycles. The van der Waals surface area contributed by atoms with Crippen LogP contribution in [0.25, 0.3) is 0 Å². The summed E-state index contributed by atoms with van der Waals surface area (Å²) in [4.78, 5) is 36.6. The number of ether oxygens (including phenoxy) is 3. The first-order valence-corrected chi connectivity index (χ1v) is 8.09. The molecule has 0 heterocycles. The van der Waals surface area contributed by atoms with Crippen molar-refractivity contribution >= 4 is 18.0 Å². The van der Waals surface area contributed by atoms with E-state index >= 15 is 0 Å². The second-order valence-electron chi connectivity index (χ2n) is 8.65. The Morgan fingerprint density at radius 1 is 1.00 bits per heavy atom. The van der Waals surface area contributed by atoms with Gasteiger partial charge in [0.15, 0.2) is 0 Å². The fourth-order valence-electron chi connectivity index (χ4n) is 3.23. The average molecular weight is 341 g/mol. The molecule has 136 valence electrons. The Bertz CT molecular complexity index is 573. The van der Waals surface area contributed by atoms with Gasteiger partial charge in [-0.05, 0) is 54.4 Å². The van der Waals surface area contributed by atoms with Gasteiger partial charge in [0.25, 0.3) is 0 Å². The summed E-state index contributed by atoms with van der Waals surface area (Å²) in [5, 5.41) is 2.63. The number of rotatable bonds is 3. The molecular weight excluding hydrogens is 314 g/mol. The van der Waals surface area contributed by atoms with Crippen molar-refractivity contribution in [3.63, 3.8) is 0 Å². The van der Waals surface area contributed by atoms with E-state index in [0.717, 1.165) is 0 Å². The topological polar surface area (TPSA) is 90.9 Å². The molecule has 2 fully saturated rings. The summed E-state index contributed by atoms with van der Waals surface area (Å²) in [5.74, 6) is -1.32. The predicted molar refractivity (Wildman–Crippen MR) is 85.1 cm³/mol. The lowest BCUT2D eigenvalue weighted by Gasteiger charge is -2.23. The normalized spacial score (nSPS) is 31.2. The van der Waals surface area contributed by atoms with Gasteiger partial charge in [-0.3, -0.25) is 4.79 Å². The van der Waals surface area contributed by atoms with Crippen LogP contribution in [0.5, 0.6) is 0 Å². The van der Waals surface area contributed by atoms with Crippen LogP contribution in [0.3, 0.4) is 0 Å². The minimum absolute atomic E-state index is 0.348. The van der Waals surface area contributed by atoms with E-state index < -0.39 is 40.1 Å². The van der Waals surface area contributed by atoms with Gasteiger partial charge in [0, 0.05) is 5.41 Å². The SMILES string of the molecule is COC(=O)[C@]1(NC(=O)OC(C)(C)C)C[C@@]12C[C@@H]2C(=O)OC(C)(C)C. The summed E-state index contributed by atoms with van der Waals surface area (Å²) < 4.78 is 15.5. The number of carbonyl (C=O) groups excluding carboxylic acids is 3. The van der Waals surface area contributed by atoms with Crippen molar-refractivity contribution < 1.29 is 28.6 Å². The maximum absolute atomic E-state index is 12.3. The van der Waals surface area contributed by atoms with Crippen LogP contribution in [0.2, 0.25) is 0 Å². The minimum atomic E-state index is -1.20. The van der Waals surface area contributed by atoms with Gasteiger partial charge in [0.1, 0.15) is 16.7 Å². The number of hydrogen-bond donors (Lipinski definition) is 1. The molecule has 2 aliphatic carbocycles. The molecule has 24 heavy (non-hydrogen) atoms. The van der Waals surface area contributed by atoms with E-state index in [-0.39, 0.29) is 5.97 Å². The van der Waals surface area contributed by atoms with E-state index in [1.165, 1.54) is 7.11 Å². The molecule has 0 unspecified atom stereocenters. The van der Waals surface area contributed by atoms with E-state index in [0.29, 0.717) is 12.8 Å². The maximum Gasteiger partial charge on any atom is 0.408 e. The second-order valence-corrected chi connectivity index (χ2v) is 8.65. The second kappa shape index (κ2) is 5.36. The first kappa shape index (κ1) is 18.5. The van der Waals surface area contributed by atoms with Gasteiger partial charge in [-0.15, -0.1) is 0 Å². The van der Waals surface area contributed by atoms with Gasteiger partial charge in [-0.25, -0.2) is 9.59 Å². The monoisotopic (exact) mass is 341 g/mol. The van der Waals surface area contributed by atoms with Crippen molar-refractivity contribution in [2.24, 2.45) is 11.3 Å². The third-order valence-corrected chi connectivity index (χ3v) is 4.32. The van der Waals surface area contributed by atoms with Gasteiger partial charge >= 0.3 is 18.0 Å². The molecule has 0 aromatic heterocycles. The van der Waals surface area contributed by atoms with Crippen molar-refractivity contribution in [2.45, 2.75) is 71.1 Å². The lowest BCUT2D eigenvalue weighted by atomic mass is 10.1. The molecule has 1 N–H and O–H groups in total. The van der Waals surface area contributed by atoms with Gasteiger partial charge < -0.3 is 19.5 Å². The fourth-order valence-corrected chi connectivity index (χ4v) is 3.23. The Morgan fingerprint density at radius 3 is 2.00 bits per heavy atom. The molecule has 0 radical (unpaired) electrons. The van der Waals surface area contributed by atoms with Crippen molar-refractivity contribution in [3.8, 4) is 0 Å². The number of amides is 1. The molecule has 2 aliphatic rings. The largest absolute Gasteiger partial charge is 0.467 e. The van der Waals surface area contributed by atoms with Crippen molar-refractivity contribution in [1.82, 2.24) is 5.32 Å². The molecule has 1 amide bonds.